The summed E-state index contributed by atoms with van der Waals surface area (Å²) in [5.41, 5.74) is 2.84. The second kappa shape index (κ2) is 14.8. The number of ether oxygens (including phenoxy) is 3. The minimum absolute atomic E-state index is 0.0374. The van der Waals surface area contributed by atoms with E-state index in [1.165, 1.54) is 11.8 Å². The summed E-state index contributed by atoms with van der Waals surface area (Å²) >= 11 is 7.86. The van der Waals surface area contributed by atoms with Crippen LogP contribution in [0.4, 0.5) is 5.95 Å². The van der Waals surface area contributed by atoms with E-state index in [4.69, 9.17) is 35.9 Å². The lowest BCUT2D eigenvalue weighted by Crippen LogP contribution is -2.38. The van der Waals surface area contributed by atoms with Crippen LogP contribution in [-0.4, -0.2) is 64.5 Å². The van der Waals surface area contributed by atoms with Gasteiger partial charge in [-0.25, -0.2) is 9.48 Å². The van der Waals surface area contributed by atoms with Crippen LogP contribution in [0.5, 0.6) is 11.5 Å². The van der Waals surface area contributed by atoms with Crippen LogP contribution in [0.15, 0.2) is 58.9 Å². The Bertz CT molecular complexity index is 1600. The van der Waals surface area contributed by atoms with E-state index in [1.54, 1.807) is 17.9 Å². The second-order valence-corrected chi connectivity index (χ2v) is 13.3. The minimum atomic E-state index is -0.632. The maximum Gasteiger partial charge on any atom is 0.338 e. The van der Waals surface area contributed by atoms with Crippen LogP contribution in [0.2, 0.25) is 5.02 Å². The van der Waals surface area contributed by atoms with Gasteiger partial charge in [0.1, 0.15) is 12.1 Å². The predicted octanol–water partition coefficient (Wildman–Crippen LogP) is 6.79. The molecule has 1 aliphatic carbocycles. The number of likely N-dealkylation sites (tertiary alicyclic amines) is 1. The van der Waals surface area contributed by atoms with Crippen LogP contribution >= 0.6 is 23.4 Å². The highest BCUT2D eigenvalue weighted by molar-refractivity contribution is 7.98. The molecule has 46 heavy (non-hydrogen) atoms. The molecule has 6 rings (SSSR count). The summed E-state index contributed by atoms with van der Waals surface area (Å²) in [4.78, 5) is 33.3. The fourth-order valence-electron chi connectivity index (χ4n) is 6.27. The molecule has 2 fully saturated rings. The van der Waals surface area contributed by atoms with Gasteiger partial charge in [0, 0.05) is 29.6 Å². The summed E-state index contributed by atoms with van der Waals surface area (Å²) in [6.45, 7) is 3.32. The first-order chi connectivity index (χ1) is 22.4. The predicted molar refractivity (Wildman–Crippen MR) is 177 cm³/mol. The number of piperidine rings is 1. The summed E-state index contributed by atoms with van der Waals surface area (Å²) in [7, 11) is 1.56. The molecule has 0 spiro atoms. The Hall–Kier alpha value is -3.70. The zero-order valence-electron chi connectivity index (χ0n) is 26.3. The van der Waals surface area contributed by atoms with Crippen LogP contribution in [0.25, 0.3) is 0 Å². The number of fused-ring (bicyclic) bond motifs is 1. The molecule has 1 saturated heterocycles. The molecule has 1 aromatic heterocycles. The number of halogens is 1. The quantitative estimate of drug-likeness (QED) is 0.185. The van der Waals surface area contributed by atoms with Crippen LogP contribution in [0.3, 0.4) is 0 Å². The first kappa shape index (κ1) is 32.2. The van der Waals surface area contributed by atoms with Crippen molar-refractivity contribution in [1.82, 2.24) is 19.7 Å². The zero-order valence-corrected chi connectivity index (χ0v) is 27.9. The van der Waals surface area contributed by atoms with Gasteiger partial charge < -0.3 is 24.4 Å². The van der Waals surface area contributed by atoms with Gasteiger partial charge in [-0.05, 0) is 81.2 Å². The lowest BCUT2D eigenvalue weighted by Gasteiger charge is -2.30. The number of hydrogen-bond donors (Lipinski definition) is 1. The number of carbonyl (C=O) groups excluding carboxylic acids is 2. The van der Waals surface area contributed by atoms with Gasteiger partial charge in [-0.15, -0.1) is 5.10 Å². The largest absolute Gasteiger partial charge is 0.493 e. The van der Waals surface area contributed by atoms with Crippen molar-refractivity contribution >= 4 is 41.2 Å². The van der Waals surface area contributed by atoms with Crippen LogP contribution in [-0.2, 0) is 20.1 Å². The molecule has 1 saturated carbocycles. The number of benzene rings is 2. The molecule has 3 heterocycles. The van der Waals surface area contributed by atoms with Crippen LogP contribution in [0.1, 0.15) is 75.5 Å². The molecule has 1 unspecified atom stereocenters. The third-order valence-electron chi connectivity index (χ3n) is 8.76. The average molecular weight is 666 g/mol. The van der Waals surface area contributed by atoms with E-state index in [0.29, 0.717) is 44.6 Å². The van der Waals surface area contributed by atoms with Crippen molar-refractivity contribution in [3.05, 3.63) is 69.9 Å². The first-order valence-corrected chi connectivity index (χ1v) is 17.4. The Labute approximate surface area is 278 Å². The topological polar surface area (TPSA) is 108 Å². The molecule has 244 valence electrons. The Morgan fingerprint density at radius 1 is 1.02 bits per heavy atom. The van der Waals surface area contributed by atoms with E-state index in [-0.39, 0.29) is 24.6 Å². The number of thioether (sulfide) groups is 1. The van der Waals surface area contributed by atoms with Crippen molar-refractivity contribution in [3.63, 3.8) is 0 Å². The van der Waals surface area contributed by atoms with Gasteiger partial charge in [-0.1, -0.05) is 54.0 Å². The number of esters is 1. The molecule has 1 atom stereocenters. The summed E-state index contributed by atoms with van der Waals surface area (Å²) in [6, 6.07) is 12.6. The highest BCUT2D eigenvalue weighted by atomic mass is 35.5. The molecule has 2 aliphatic heterocycles. The first-order valence-electron chi connectivity index (χ1n) is 16.0. The highest BCUT2D eigenvalue weighted by Gasteiger charge is 2.37. The Kier molecular flexibility index (Phi) is 10.4. The van der Waals surface area contributed by atoms with E-state index in [9.17, 15) is 9.59 Å². The molecule has 2 aromatic carbocycles. The van der Waals surface area contributed by atoms with Crippen molar-refractivity contribution in [2.24, 2.45) is 0 Å². The van der Waals surface area contributed by atoms with Crippen molar-refractivity contribution in [2.75, 3.05) is 32.1 Å². The van der Waals surface area contributed by atoms with E-state index in [0.717, 1.165) is 75.6 Å². The smallest absolute Gasteiger partial charge is 0.338 e. The summed E-state index contributed by atoms with van der Waals surface area (Å²) in [5.74, 6) is 1.60. The summed E-state index contributed by atoms with van der Waals surface area (Å²) < 4.78 is 19.5. The standard InChI is InChI=1S/C34H40ClN5O5S/c1-22-30(32(42)45-25-12-5-3-6-13-25)31(40-33(36-22)37-34(38-40)46-21-24-11-7-8-14-26(24)35)23-15-16-27(28(19-23)43-2)44-20-29(41)39-17-9-4-10-18-39/h7-8,11,14-16,19,25,31H,3-6,9-10,12-13,17-18,20-21H2,1-2H3,(H,36,37,38). The molecule has 1 N–H and O–H groups in total. The number of rotatable bonds is 10. The molecule has 3 aromatic rings. The Balaban J connectivity index is 1.29. The van der Waals surface area contributed by atoms with Gasteiger partial charge >= 0.3 is 5.97 Å². The van der Waals surface area contributed by atoms with Gasteiger partial charge in [0.25, 0.3) is 5.91 Å². The van der Waals surface area contributed by atoms with E-state index in [2.05, 4.69) is 5.32 Å². The average Bonchev–Trinajstić information content (AvgIpc) is 3.49. The Morgan fingerprint density at radius 2 is 1.78 bits per heavy atom. The van der Waals surface area contributed by atoms with E-state index in [1.807, 2.05) is 48.2 Å². The monoisotopic (exact) mass is 665 g/mol. The lowest BCUT2D eigenvalue weighted by atomic mass is 9.94. The SMILES string of the molecule is COc1cc(C2C(C(=O)OC3CCCCC3)=C(C)Nc3nc(SCc4ccccc4Cl)nn32)ccc1OCC(=O)N1CCCCC1. The highest BCUT2D eigenvalue weighted by Crippen LogP contribution is 2.40. The van der Waals surface area contributed by atoms with Crippen LogP contribution < -0.4 is 14.8 Å². The molecule has 12 heteroatoms. The molecular formula is C34H40ClN5O5S. The number of methoxy groups -OCH3 is 1. The van der Waals surface area contributed by atoms with Gasteiger partial charge in [0.15, 0.2) is 18.1 Å². The second-order valence-electron chi connectivity index (χ2n) is 11.9. The molecule has 0 radical (unpaired) electrons. The van der Waals surface area contributed by atoms with Crippen molar-refractivity contribution in [2.45, 2.75) is 81.3 Å². The number of hydrogen-bond acceptors (Lipinski definition) is 9. The summed E-state index contributed by atoms with van der Waals surface area (Å²) in [5, 5.41) is 9.38. The van der Waals surface area contributed by atoms with E-state index < -0.39 is 6.04 Å². The third-order valence-corrected chi connectivity index (χ3v) is 10.0. The fraction of sp³-hybridized carbons (Fsp3) is 0.471. The maximum absolute atomic E-state index is 13.9. The molecule has 3 aliphatic rings. The Morgan fingerprint density at radius 3 is 2.54 bits per heavy atom. The number of nitrogens with one attached hydrogen (secondary N) is 1. The van der Waals surface area contributed by atoms with Gasteiger partial charge in [-0.3, -0.25) is 4.79 Å². The van der Waals surface area contributed by atoms with Crippen molar-refractivity contribution in [1.29, 1.82) is 0 Å². The number of amides is 1. The van der Waals surface area contributed by atoms with Crippen LogP contribution in [0, 0.1) is 0 Å². The molecular weight excluding hydrogens is 626 g/mol. The number of nitrogens with zero attached hydrogens (tertiary/aromatic N) is 4. The van der Waals surface area contributed by atoms with Crippen molar-refractivity contribution < 1.29 is 23.8 Å². The van der Waals surface area contributed by atoms with E-state index >= 15 is 0 Å². The number of allylic oxidation sites excluding steroid dienone is 1. The lowest BCUT2D eigenvalue weighted by molar-refractivity contribution is -0.146. The minimum Gasteiger partial charge on any atom is -0.493 e. The third kappa shape index (κ3) is 7.31. The molecule has 0 bridgehead atoms. The number of carbonyl (C=O) groups is 2. The summed E-state index contributed by atoms with van der Waals surface area (Å²) in [6.07, 6.45) is 8.07. The van der Waals surface area contributed by atoms with Gasteiger partial charge in [-0.2, -0.15) is 4.98 Å². The molecule has 10 nitrogen and oxygen atoms in total. The van der Waals surface area contributed by atoms with Gasteiger partial charge in [0.05, 0.1) is 12.7 Å². The zero-order chi connectivity index (χ0) is 32.0. The molecule has 1 amide bonds. The maximum atomic E-state index is 13.9. The van der Waals surface area contributed by atoms with Gasteiger partial charge in [0.2, 0.25) is 11.1 Å². The normalized spacial score (nSPS) is 18.5. The fourth-order valence-corrected chi connectivity index (χ4v) is 7.38. The van der Waals surface area contributed by atoms with Crippen molar-refractivity contribution in [3.8, 4) is 11.5 Å². The number of aromatic nitrogens is 3. The number of anilines is 1.